The van der Waals surface area contributed by atoms with Crippen LogP contribution in [0.25, 0.3) is 0 Å². The topological polar surface area (TPSA) is 75.3 Å². The Morgan fingerprint density at radius 1 is 1.11 bits per heavy atom. The van der Waals surface area contributed by atoms with Crippen molar-refractivity contribution in [3.63, 3.8) is 0 Å². The second-order valence-corrected chi connectivity index (χ2v) is 10.9. The third kappa shape index (κ3) is 4.20. The van der Waals surface area contributed by atoms with Gasteiger partial charge in [0.15, 0.2) is 9.84 Å². The van der Waals surface area contributed by atoms with E-state index < -0.39 is 31.9 Å². The lowest BCUT2D eigenvalue weighted by molar-refractivity contribution is -0.137. The van der Waals surface area contributed by atoms with E-state index in [-0.39, 0.29) is 22.8 Å². The molecule has 1 aromatic carbocycles. The molecule has 0 heterocycles. The number of hydrogen-bond acceptors (Lipinski definition) is 4. The minimum absolute atomic E-state index is 0.152. The van der Waals surface area contributed by atoms with Gasteiger partial charge in [-0.25, -0.2) is 8.42 Å². The lowest BCUT2D eigenvalue weighted by Crippen LogP contribution is -2.59. The van der Waals surface area contributed by atoms with E-state index in [1.165, 1.54) is 19.9 Å². The second-order valence-electron chi connectivity index (χ2n) is 8.35. The summed E-state index contributed by atoms with van der Waals surface area (Å²) in [6.45, 7) is 6.53. The number of sulfone groups is 1. The summed E-state index contributed by atoms with van der Waals surface area (Å²) in [5, 5.41) is 5.78. The minimum atomic E-state index is -4.61. The fraction of sp³-hybridized carbons (Fsp3) is 0.632. The van der Waals surface area contributed by atoms with Gasteiger partial charge in [0.1, 0.15) is 0 Å². The average Bonchev–Trinajstić information content (AvgIpc) is 2.56. The Hall–Kier alpha value is -1.61. The zero-order valence-corrected chi connectivity index (χ0v) is 17.5. The van der Waals surface area contributed by atoms with E-state index in [1.807, 2.05) is 0 Å². The molecular weight excluding hydrogens is 393 g/mol. The number of likely N-dealkylation sites (N-methyl/N-ethyl adjacent to an activating group) is 1. The summed E-state index contributed by atoms with van der Waals surface area (Å²) in [5.41, 5.74) is -1.73. The van der Waals surface area contributed by atoms with Crippen molar-refractivity contribution in [2.24, 2.45) is 5.92 Å². The van der Waals surface area contributed by atoms with E-state index in [0.29, 0.717) is 18.9 Å². The number of benzene rings is 1. The smallest absolute Gasteiger partial charge is 0.352 e. The van der Waals surface area contributed by atoms with Gasteiger partial charge < -0.3 is 10.6 Å². The van der Waals surface area contributed by atoms with Crippen molar-refractivity contribution in [1.82, 2.24) is 10.6 Å². The molecule has 2 N–H and O–H groups in total. The average molecular weight is 420 g/mol. The van der Waals surface area contributed by atoms with Crippen LogP contribution in [0.15, 0.2) is 29.2 Å². The number of amides is 1. The third-order valence-corrected chi connectivity index (χ3v) is 8.41. The fourth-order valence-corrected chi connectivity index (χ4v) is 4.92. The molecule has 158 valence electrons. The highest BCUT2D eigenvalue weighted by Crippen LogP contribution is 2.44. The van der Waals surface area contributed by atoms with Gasteiger partial charge in [-0.1, -0.05) is 6.07 Å². The van der Waals surface area contributed by atoms with Gasteiger partial charge in [-0.3, -0.25) is 4.79 Å². The Morgan fingerprint density at radius 3 is 2.18 bits per heavy atom. The van der Waals surface area contributed by atoms with E-state index in [9.17, 15) is 26.4 Å². The van der Waals surface area contributed by atoms with Crippen molar-refractivity contribution >= 4 is 15.7 Å². The molecule has 1 fully saturated rings. The largest absolute Gasteiger partial charge is 0.416 e. The zero-order valence-electron chi connectivity index (χ0n) is 16.6. The van der Waals surface area contributed by atoms with Crippen molar-refractivity contribution < 1.29 is 26.4 Å². The lowest BCUT2D eigenvalue weighted by Gasteiger charge is -2.45. The van der Waals surface area contributed by atoms with Crippen molar-refractivity contribution in [1.29, 1.82) is 0 Å². The molecule has 0 unspecified atom stereocenters. The molecule has 9 heteroatoms. The predicted molar refractivity (Wildman–Crippen MR) is 101 cm³/mol. The van der Waals surface area contributed by atoms with Crippen LogP contribution in [0.5, 0.6) is 0 Å². The molecule has 0 aliphatic heterocycles. The van der Waals surface area contributed by atoms with Crippen LogP contribution >= 0.6 is 0 Å². The summed E-state index contributed by atoms with van der Waals surface area (Å²) in [6.07, 6.45) is -3.70. The summed E-state index contributed by atoms with van der Waals surface area (Å²) >= 11 is 0. The summed E-state index contributed by atoms with van der Waals surface area (Å²) < 4.78 is 63.7. The van der Waals surface area contributed by atoms with Gasteiger partial charge >= 0.3 is 6.18 Å². The van der Waals surface area contributed by atoms with E-state index in [4.69, 9.17) is 0 Å². The maximum Gasteiger partial charge on any atom is 0.416 e. The Kier molecular flexibility index (Phi) is 5.94. The molecular formula is C19H27F3N2O3S. The molecule has 1 saturated carbocycles. The zero-order chi connectivity index (χ0) is 21.5. The molecule has 2 rings (SSSR count). The Labute approximate surface area is 164 Å². The molecule has 28 heavy (non-hydrogen) atoms. The summed E-state index contributed by atoms with van der Waals surface area (Å²) in [4.78, 5) is 11.9. The maximum absolute atomic E-state index is 13.0. The third-order valence-electron chi connectivity index (χ3n) is 5.81. The number of carbonyl (C=O) groups is 1. The van der Waals surface area contributed by atoms with Gasteiger partial charge in [-0.2, -0.15) is 13.2 Å². The van der Waals surface area contributed by atoms with Crippen molar-refractivity contribution in [2.75, 3.05) is 7.05 Å². The van der Waals surface area contributed by atoms with Crippen LogP contribution in [0.3, 0.4) is 0 Å². The molecule has 0 radical (unpaired) electrons. The monoisotopic (exact) mass is 420 g/mol. The molecule has 1 amide bonds. The number of alkyl halides is 3. The minimum Gasteiger partial charge on any atom is -0.352 e. The van der Waals surface area contributed by atoms with Crippen molar-refractivity contribution in [3.05, 3.63) is 29.8 Å². The number of nitrogens with one attached hydrogen (secondary N) is 2. The first kappa shape index (κ1) is 22.7. The number of hydrogen-bond donors (Lipinski definition) is 2. The van der Waals surface area contributed by atoms with Crippen molar-refractivity contribution in [3.8, 4) is 0 Å². The number of carbonyl (C=O) groups excluding carboxylic acids is 1. The highest BCUT2D eigenvalue weighted by atomic mass is 32.2. The molecule has 0 saturated heterocycles. The van der Waals surface area contributed by atoms with Crippen molar-refractivity contribution in [2.45, 2.75) is 67.9 Å². The van der Waals surface area contributed by atoms with Crippen LogP contribution in [0, 0.1) is 5.92 Å². The Bertz CT molecular complexity index is 842. The molecule has 1 aliphatic rings. The lowest BCUT2D eigenvalue weighted by atomic mass is 9.73. The van der Waals surface area contributed by atoms with Crippen LogP contribution in [0.2, 0.25) is 0 Å². The first-order valence-corrected chi connectivity index (χ1v) is 10.5. The first-order valence-electron chi connectivity index (χ1n) is 9.04. The highest BCUT2D eigenvalue weighted by molar-refractivity contribution is 7.92. The van der Waals surface area contributed by atoms with Gasteiger partial charge in [-0.05, 0) is 71.7 Å². The fourth-order valence-electron chi connectivity index (χ4n) is 3.15. The molecule has 0 aromatic heterocycles. The number of halogens is 3. The molecule has 5 nitrogen and oxygen atoms in total. The van der Waals surface area contributed by atoms with Gasteiger partial charge in [-0.15, -0.1) is 0 Å². The SMILES string of the molecule is CNC(C)(C)C(=O)NC1CC(C(C)(C)S(=O)(=O)c2cccc(C(F)(F)F)c2)C1. The normalized spacial score (nSPS) is 21.1. The molecule has 0 bridgehead atoms. The standard InChI is InChI=1S/C19H27F3N2O3S/c1-17(2,23-5)16(25)24-14-9-13(10-14)18(3,4)28(26,27)15-8-6-7-12(11-15)19(20,21)22/h6-8,11,13-14,23H,9-10H2,1-5H3,(H,24,25). The van der Waals surface area contributed by atoms with Crippen LogP contribution in [-0.2, 0) is 20.8 Å². The predicted octanol–water partition coefficient (Wildman–Crippen LogP) is 3.15. The van der Waals surface area contributed by atoms with E-state index >= 15 is 0 Å². The molecule has 0 atom stereocenters. The summed E-state index contributed by atoms with van der Waals surface area (Å²) in [5.74, 6) is -0.452. The van der Waals surface area contributed by atoms with Crippen LogP contribution in [0.1, 0.15) is 46.1 Å². The molecule has 1 aromatic rings. The van der Waals surface area contributed by atoms with Crippen LogP contribution in [-0.4, -0.2) is 37.7 Å². The van der Waals surface area contributed by atoms with Gasteiger partial charge in [0.05, 0.1) is 20.7 Å². The number of rotatable bonds is 6. The Morgan fingerprint density at radius 2 is 1.68 bits per heavy atom. The van der Waals surface area contributed by atoms with E-state index in [2.05, 4.69) is 10.6 Å². The molecule has 1 aliphatic carbocycles. The van der Waals surface area contributed by atoms with E-state index in [1.54, 1.807) is 20.9 Å². The summed E-state index contributed by atoms with van der Waals surface area (Å²) in [7, 11) is -2.32. The van der Waals surface area contributed by atoms with Gasteiger partial charge in [0.2, 0.25) is 5.91 Å². The first-order chi connectivity index (χ1) is 12.6. The highest BCUT2D eigenvalue weighted by Gasteiger charge is 2.49. The second kappa shape index (κ2) is 7.33. The van der Waals surface area contributed by atoms with E-state index in [0.717, 1.165) is 12.1 Å². The quantitative estimate of drug-likeness (QED) is 0.741. The van der Waals surface area contributed by atoms with Crippen LogP contribution in [0.4, 0.5) is 13.2 Å². The maximum atomic E-state index is 13.0. The van der Waals surface area contributed by atoms with Gasteiger partial charge in [0, 0.05) is 6.04 Å². The summed E-state index contributed by atoms with van der Waals surface area (Å²) in [6, 6.07) is 3.69. The van der Waals surface area contributed by atoms with Gasteiger partial charge in [0.25, 0.3) is 0 Å². The Balaban J connectivity index is 2.14. The molecule has 0 spiro atoms. The van der Waals surface area contributed by atoms with Crippen LogP contribution < -0.4 is 10.6 Å².